The molecule has 2 aromatic rings. The fourth-order valence-electron chi connectivity index (χ4n) is 1.73. The van der Waals surface area contributed by atoms with Crippen molar-refractivity contribution in [2.24, 2.45) is 0 Å². The molecule has 0 atom stereocenters. The van der Waals surface area contributed by atoms with Gasteiger partial charge in [0.25, 0.3) is 0 Å². The topological polar surface area (TPSA) is 41.1 Å². The Labute approximate surface area is 141 Å². The van der Waals surface area contributed by atoms with Crippen LogP contribution in [0.3, 0.4) is 0 Å². The van der Waals surface area contributed by atoms with Crippen molar-refractivity contribution in [2.45, 2.75) is 6.92 Å². The van der Waals surface area contributed by atoms with Crippen molar-refractivity contribution >= 4 is 56.4 Å². The summed E-state index contributed by atoms with van der Waals surface area (Å²) in [6.45, 7) is 2.06. The lowest BCUT2D eigenvalue weighted by Crippen LogP contribution is -2.22. The smallest absolute Gasteiger partial charge is 0.243 e. The van der Waals surface area contributed by atoms with E-state index in [1.54, 1.807) is 24.3 Å². The third-order valence-corrected chi connectivity index (χ3v) is 3.97. The van der Waals surface area contributed by atoms with Crippen LogP contribution in [0.4, 0.5) is 11.4 Å². The predicted octanol–water partition coefficient (Wildman–Crippen LogP) is 5.11. The zero-order valence-corrected chi connectivity index (χ0v) is 14.3. The molecular formula is C15H13BrCl2N2O. The third-order valence-electron chi connectivity index (χ3n) is 2.84. The molecule has 0 aliphatic heterocycles. The number of nitrogens with one attached hydrogen (secondary N) is 2. The van der Waals surface area contributed by atoms with E-state index >= 15 is 0 Å². The molecule has 2 aromatic carbocycles. The first-order valence-corrected chi connectivity index (χ1v) is 7.75. The summed E-state index contributed by atoms with van der Waals surface area (Å²) in [7, 11) is 0. The molecule has 0 aliphatic carbocycles. The molecule has 0 unspecified atom stereocenters. The lowest BCUT2D eigenvalue weighted by Gasteiger charge is -2.11. The summed E-state index contributed by atoms with van der Waals surface area (Å²) in [5.41, 5.74) is 2.47. The van der Waals surface area contributed by atoms with Gasteiger partial charge in [-0.05, 0) is 58.7 Å². The largest absolute Gasteiger partial charge is 0.375 e. The molecule has 0 heterocycles. The van der Waals surface area contributed by atoms with Crippen LogP contribution in [0.25, 0.3) is 0 Å². The van der Waals surface area contributed by atoms with Gasteiger partial charge in [-0.25, -0.2) is 0 Å². The molecule has 3 nitrogen and oxygen atoms in total. The number of hydrogen-bond acceptors (Lipinski definition) is 2. The molecule has 0 saturated carbocycles. The third kappa shape index (κ3) is 4.63. The quantitative estimate of drug-likeness (QED) is 0.764. The summed E-state index contributed by atoms with van der Waals surface area (Å²) in [4.78, 5) is 12.0. The Morgan fingerprint density at radius 2 is 1.76 bits per heavy atom. The first-order valence-electron chi connectivity index (χ1n) is 6.20. The number of anilines is 2. The number of hydrogen-bond donors (Lipinski definition) is 2. The maximum atomic E-state index is 12.0. The zero-order valence-electron chi connectivity index (χ0n) is 11.2. The molecule has 0 aromatic heterocycles. The van der Waals surface area contributed by atoms with E-state index in [1.807, 2.05) is 19.1 Å². The molecule has 6 heteroatoms. The Bertz CT molecular complexity index is 677. The molecule has 0 bridgehead atoms. The highest BCUT2D eigenvalue weighted by molar-refractivity contribution is 9.10. The number of halogens is 3. The highest BCUT2D eigenvalue weighted by atomic mass is 79.9. The van der Waals surface area contributed by atoms with E-state index in [0.29, 0.717) is 15.7 Å². The minimum atomic E-state index is -0.151. The van der Waals surface area contributed by atoms with E-state index in [1.165, 1.54) is 0 Å². The number of carbonyl (C=O) groups excluding carboxylic acids is 1. The van der Waals surface area contributed by atoms with Crippen molar-refractivity contribution in [2.75, 3.05) is 17.2 Å². The predicted molar refractivity (Wildman–Crippen MR) is 92.5 cm³/mol. The van der Waals surface area contributed by atoms with Crippen molar-refractivity contribution in [1.82, 2.24) is 0 Å². The first-order chi connectivity index (χ1) is 9.95. The summed E-state index contributed by atoms with van der Waals surface area (Å²) < 4.78 is 0.807. The molecule has 0 fully saturated rings. The van der Waals surface area contributed by atoms with Crippen LogP contribution >= 0.6 is 39.1 Å². The van der Waals surface area contributed by atoms with E-state index in [2.05, 4.69) is 26.6 Å². The second-order valence-electron chi connectivity index (χ2n) is 4.49. The summed E-state index contributed by atoms with van der Waals surface area (Å²) in [5, 5.41) is 7.09. The van der Waals surface area contributed by atoms with Crippen LogP contribution in [-0.2, 0) is 4.79 Å². The Kier molecular flexibility index (Phi) is 5.51. The van der Waals surface area contributed by atoms with Crippen molar-refractivity contribution < 1.29 is 4.79 Å². The van der Waals surface area contributed by atoms with Crippen molar-refractivity contribution in [3.63, 3.8) is 0 Å². The monoisotopic (exact) mass is 386 g/mol. The Morgan fingerprint density at radius 1 is 1.10 bits per heavy atom. The molecule has 0 aliphatic rings. The molecule has 2 rings (SSSR count). The normalized spacial score (nSPS) is 10.3. The van der Waals surface area contributed by atoms with Gasteiger partial charge in [0, 0.05) is 25.9 Å². The Hall–Kier alpha value is -1.23. The van der Waals surface area contributed by atoms with Crippen LogP contribution in [0.2, 0.25) is 10.0 Å². The Morgan fingerprint density at radius 3 is 2.48 bits per heavy atom. The Balaban J connectivity index is 1.97. The molecule has 110 valence electrons. The maximum Gasteiger partial charge on any atom is 0.243 e. The second kappa shape index (κ2) is 7.16. The van der Waals surface area contributed by atoms with Gasteiger partial charge in [0.1, 0.15) is 0 Å². The van der Waals surface area contributed by atoms with Crippen molar-refractivity contribution in [3.05, 3.63) is 56.5 Å². The number of rotatable bonds is 4. The number of aryl methyl sites for hydroxylation is 1. The standard InChI is InChI=1S/C15H13BrCl2N2O/c1-9-2-3-11(18)7-14(9)20-15(21)8-19-13-5-4-10(17)6-12(13)16/h2-7,19H,8H2,1H3,(H,20,21). The van der Waals surface area contributed by atoms with E-state index in [-0.39, 0.29) is 12.5 Å². The average Bonchev–Trinajstić information content (AvgIpc) is 2.42. The van der Waals surface area contributed by atoms with Crippen LogP contribution < -0.4 is 10.6 Å². The lowest BCUT2D eigenvalue weighted by atomic mass is 10.2. The zero-order chi connectivity index (χ0) is 15.4. The fraction of sp³-hybridized carbons (Fsp3) is 0.133. The lowest BCUT2D eigenvalue weighted by molar-refractivity contribution is -0.114. The summed E-state index contributed by atoms with van der Waals surface area (Å²) in [6.07, 6.45) is 0. The SMILES string of the molecule is Cc1ccc(Cl)cc1NC(=O)CNc1ccc(Cl)cc1Br. The minimum absolute atomic E-state index is 0.145. The van der Waals surface area contributed by atoms with Gasteiger partial charge in [0.15, 0.2) is 0 Å². The van der Waals surface area contributed by atoms with Crippen LogP contribution in [0, 0.1) is 6.92 Å². The molecule has 21 heavy (non-hydrogen) atoms. The number of benzene rings is 2. The molecule has 0 spiro atoms. The second-order valence-corrected chi connectivity index (χ2v) is 6.21. The highest BCUT2D eigenvalue weighted by Gasteiger charge is 2.07. The van der Waals surface area contributed by atoms with Crippen LogP contribution in [-0.4, -0.2) is 12.5 Å². The number of carbonyl (C=O) groups is 1. The summed E-state index contributed by atoms with van der Waals surface area (Å²) >= 11 is 15.2. The van der Waals surface area contributed by atoms with Gasteiger partial charge in [-0.3, -0.25) is 4.79 Å². The molecule has 0 radical (unpaired) electrons. The van der Waals surface area contributed by atoms with E-state index in [0.717, 1.165) is 15.7 Å². The van der Waals surface area contributed by atoms with Gasteiger partial charge in [-0.2, -0.15) is 0 Å². The molecule has 0 saturated heterocycles. The molecule has 2 N–H and O–H groups in total. The van der Waals surface area contributed by atoms with Crippen molar-refractivity contribution in [3.8, 4) is 0 Å². The van der Waals surface area contributed by atoms with Gasteiger partial charge in [0.2, 0.25) is 5.91 Å². The van der Waals surface area contributed by atoms with Crippen LogP contribution in [0.15, 0.2) is 40.9 Å². The van der Waals surface area contributed by atoms with Gasteiger partial charge in [-0.1, -0.05) is 29.3 Å². The van der Waals surface area contributed by atoms with Crippen LogP contribution in [0.1, 0.15) is 5.56 Å². The highest BCUT2D eigenvalue weighted by Crippen LogP contribution is 2.25. The van der Waals surface area contributed by atoms with E-state index < -0.39 is 0 Å². The van der Waals surface area contributed by atoms with Gasteiger partial charge < -0.3 is 10.6 Å². The summed E-state index contributed by atoms with van der Waals surface area (Å²) in [5.74, 6) is -0.151. The van der Waals surface area contributed by atoms with Gasteiger partial charge in [-0.15, -0.1) is 0 Å². The first kappa shape index (κ1) is 16.1. The molecular weight excluding hydrogens is 375 g/mol. The van der Waals surface area contributed by atoms with E-state index in [9.17, 15) is 4.79 Å². The van der Waals surface area contributed by atoms with Gasteiger partial charge >= 0.3 is 0 Å². The van der Waals surface area contributed by atoms with Gasteiger partial charge in [0.05, 0.1) is 6.54 Å². The molecule has 1 amide bonds. The van der Waals surface area contributed by atoms with Crippen molar-refractivity contribution in [1.29, 1.82) is 0 Å². The maximum absolute atomic E-state index is 12.0. The summed E-state index contributed by atoms with van der Waals surface area (Å²) in [6, 6.07) is 10.7. The van der Waals surface area contributed by atoms with Crippen LogP contribution in [0.5, 0.6) is 0 Å². The van der Waals surface area contributed by atoms with E-state index in [4.69, 9.17) is 23.2 Å². The fourth-order valence-corrected chi connectivity index (χ4v) is 2.73. The minimum Gasteiger partial charge on any atom is -0.375 e. The average molecular weight is 388 g/mol. The number of amides is 1.